The van der Waals surface area contributed by atoms with Crippen LogP contribution in [0.1, 0.15) is 109 Å². The topological polar surface area (TPSA) is 148 Å². The second kappa shape index (κ2) is 19.7. The van der Waals surface area contributed by atoms with Gasteiger partial charge in [-0.25, -0.2) is 9.37 Å². The van der Waals surface area contributed by atoms with E-state index < -0.39 is 11.5 Å². The zero-order valence-electron chi connectivity index (χ0n) is 42.6. The summed E-state index contributed by atoms with van der Waals surface area (Å²) in [6.07, 6.45) is 12.3. The standard InChI is InChI=1S/C57H67FN10O5/c1-36-29-41(31-45(58)52(36)40-14-22-65(23-15-40)37(2)49-33-43-46(11-19-60-53(43)62(49)4)67-24-16-42(59-3)32-51(67)70)55(72)66-20-12-38(13-21-66)34-63-25-27-64(28-26-63)35-39-7-8-47-44(30-39)57(17-5-6-18-57)56(73)68(47)48-9-10-50(69)61-54(48)71/h7-8,11,14,16,19,24,29-33,37-38,48,59H,5-6,9-10,12-13,15,17-18,20-23,25-28,34-35H2,1-4H3,(H,61,69,71)/t37-,48?/m0/s1. The molecule has 0 radical (unpaired) electrons. The lowest BCUT2D eigenvalue weighted by Gasteiger charge is -2.39. The van der Waals surface area contributed by atoms with Gasteiger partial charge in [0, 0.05) is 144 Å². The number of anilines is 2. The minimum Gasteiger partial charge on any atom is -0.388 e. The van der Waals surface area contributed by atoms with E-state index in [1.165, 1.54) is 11.6 Å². The van der Waals surface area contributed by atoms with E-state index in [0.717, 1.165) is 135 Å². The Bertz CT molecular complexity index is 3080. The molecule has 4 fully saturated rings. The lowest BCUT2D eigenvalue weighted by atomic mass is 9.79. The summed E-state index contributed by atoms with van der Waals surface area (Å²) < 4.78 is 19.9. The van der Waals surface area contributed by atoms with Crippen molar-refractivity contribution < 1.29 is 23.6 Å². The summed E-state index contributed by atoms with van der Waals surface area (Å²) in [6.45, 7) is 12.4. The second-order valence-corrected chi connectivity index (χ2v) is 21.5. The molecule has 15 nitrogen and oxygen atoms in total. The molecule has 11 rings (SSSR count). The molecule has 5 aliphatic heterocycles. The quantitative estimate of drug-likeness (QED) is 0.137. The van der Waals surface area contributed by atoms with Gasteiger partial charge in [0.25, 0.3) is 11.5 Å². The fourth-order valence-corrected chi connectivity index (χ4v) is 13.1. The molecule has 2 atom stereocenters. The fourth-order valence-electron chi connectivity index (χ4n) is 13.1. The van der Waals surface area contributed by atoms with Crippen LogP contribution in [0.25, 0.3) is 22.3 Å². The Morgan fingerprint density at radius 3 is 2.36 bits per heavy atom. The van der Waals surface area contributed by atoms with Crippen molar-refractivity contribution in [1.29, 1.82) is 0 Å². The van der Waals surface area contributed by atoms with E-state index in [1.54, 1.807) is 35.0 Å². The number of aromatic nitrogens is 3. The van der Waals surface area contributed by atoms with Crippen LogP contribution in [-0.4, -0.2) is 129 Å². The Hall–Kier alpha value is -6.49. The predicted octanol–water partition coefficient (Wildman–Crippen LogP) is 6.70. The first-order valence-corrected chi connectivity index (χ1v) is 26.4. The maximum Gasteiger partial charge on any atom is 0.257 e. The minimum atomic E-state index is -0.652. The van der Waals surface area contributed by atoms with Crippen molar-refractivity contribution in [3.8, 4) is 5.69 Å². The first-order valence-electron chi connectivity index (χ1n) is 26.4. The number of nitrogens with one attached hydrogen (secondary N) is 2. The van der Waals surface area contributed by atoms with Gasteiger partial charge < -0.3 is 19.7 Å². The van der Waals surface area contributed by atoms with Crippen LogP contribution in [0.4, 0.5) is 15.8 Å². The highest BCUT2D eigenvalue weighted by atomic mass is 19.1. The van der Waals surface area contributed by atoms with Crippen LogP contribution in [0.2, 0.25) is 0 Å². The number of piperazine rings is 1. The number of rotatable bonds is 11. The smallest absolute Gasteiger partial charge is 0.257 e. The number of hydrogen-bond donors (Lipinski definition) is 2. The summed E-state index contributed by atoms with van der Waals surface area (Å²) in [5.41, 5.74) is 8.49. The molecule has 1 aliphatic carbocycles. The van der Waals surface area contributed by atoms with Crippen molar-refractivity contribution in [2.45, 2.75) is 95.7 Å². The average Bonchev–Trinajstić information content (AvgIpc) is 4.09. The fraction of sp³-hybridized carbons (Fsp3) is 0.474. The molecule has 2 N–H and O–H groups in total. The normalized spacial score (nSPS) is 21.5. The molecule has 8 heterocycles. The number of imide groups is 1. The van der Waals surface area contributed by atoms with E-state index in [2.05, 4.69) is 66.1 Å². The molecule has 1 spiro atoms. The van der Waals surface area contributed by atoms with Crippen molar-refractivity contribution >= 4 is 51.6 Å². The Labute approximate surface area is 426 Å². The Morgan fingerprint density at radius 1 is 0.890 bits per heavy atom. The van der Waals surface area contributed by atoms with Gasteiger partial charge in [-0.15, -0.1) is 0 Å². The molecule has 4 amide bonds. The highest BCUT2D eigenvalue weighted by molar-refractivity contribution is 6.14. The monoisotopic (exact) mass is 991 g/mol. The number of halogens is 1. The van der Waals surface area contributed by atoms with Gasteiger partial charge in [-0.1, -0.05) is 31.1 Å². The molecule has 3 saturated heterocycles. The van der Waals surface area contributed by atoms with Crippen LogP contribution >= 0.6 is 0 Å². The number of piperidine rings is 2. The second-order valence-electron chi connectivity index (χ2n) is 21.5. The first-order chi connectivity index (χ1) is 35.3. The zero-order valence-corrected chi connectivity index (χ0v) is 42.6. The summed E-state index contributed by atoms with van der Waals surface area (Å²) in [6, 6.07) is 16.5. The van der Waals surface area contributed by atoms with Crippen molar-refractivity contribution in [3.63, 3.8) is 0 Å². The van der Waals surface area contributed by atoms with E-state index in [4.69, 9.17) is 0 Å². The van der Waals surface area contributed by atoms with Crippen LogP contribution in [-0.2, 0) is 33.4 Å². The summed E-state index contributed by atoms with van der Waals surface area (Å²) in [5, 5.41) is 6.38. The molecule has 73 heavy (non-hydrogen) atoms. The number of likely N-dealkylation sites (tertiary alicyclic amines) is 1. The molecule has 1 unspecified atom stereocenters. The summed E-state index contributed by atoms with van der Waals surface area (Å²) in [5.74, 6) is -0.610. The lowest BCUT2D eigenvalue weighted by Crippen LogP contribution is -2.55. The maximum absolute atomic E-state index is 16.2. The Morgan fingerprint density at radius 2 is 1.66 bits per heavy atom. The van der Waals surface area contributed by atoms with Gasteiger partial charge in [-0.3, -0.25) is 48.6 Å². The van der Waals surface area contributed by atoms with E-state index in [-0.39, 0.29) is 47.5 Å². The van der Waals surface area contributed by atoms with Crippen molar-refractivity contribution in [2.75, 3.05) is 76.2 Å². The van der Waals surface area contributed by atoms with Crippen LogP contribution < -0.4 is 21.1 Å². The van der Waals surface area contributed by atoms with Gasteiger partial charge in [0.15, 0.2) is 0 Å². The maximum atomic E-state index is 16.2. The highest BCUT2D eigenvalue weighted by Gasteiger charge is 2.55. The molecule has 6 aliphatic rings. The molecule has 5 aromatic rings. The van der Waals surface area contributed by atoms with Crippen molar-refractivity contribution in [3.05, 3.63) is 123 Å². The molecule has 0 bridgehead atoms. The number of nitrogens with zero attached hydrogens (tertiary/aromatic N) is 8. The van der Waals surface area contributed by atoms with Gasteiger partial charge in [-0.05, 0) is 117 Å². The number of aryl methyl sites for hydroxylation is 2. The number of hydrogen-bond acceptors (Lipinski definition) is 10. The molecular weight excluding hydrogens is 924 g/mol. The van der Waals surface area contributed by atoms with Gasteiger partial charge in [-0.2, -0.15) is 0 Å². The number of benzene rings is 2. The highest BCUT2D eigenvalue weighted by Crippen LogP contribution is 2.53. The van der Waals surface area contributed by atoms with Crippen LogP contribution in [0, 0.1) is 18.7 Å². The van der Waals surface area contributed by atoms with Gasteiger partial charge in [0.1, 0.15) is 17.5 Å². The van der Waals surface area contributed by atoms with E-state index in [0.29, 0.717) is 49.5 Å². The molecule has 16 heteroatoms. The van der Waals surface area contributed by atoms with Gasteiger partial charge in [0.2, 0.25) is 17.7 Å². The molecular formula is C57H67FN10O5. The molecule has 2 aromatic carbocycles. The lowest BCUT2D eigenvalue weighted by molar-refractivity contribution is -0.136. The first kappa shape index (κ1) is 48.8. The van der Waals surface area contributed by atoms with Crippen LogP contribution in [0.3, 0.4) is 0 Å². The third-order valence-corrected chi connectivity index (χ3v) is 17.2. The van der Waals surface area contributed by atoms with Crippen molar-refractivity contribution in [1.82, 2.24) is 39.0 Å². The molecule has 3 aromatic heterocycles. The Kier molecular flexibility index (Phi) is 13.2. The SMILES string of the molecule is CNc1ccn(-c2ccnc3c2cc([C@H](C)N2CC=C(c4c(C)cc(C(=O)N5CCC(CN6CCN(Cc7ccc8c(c7)C7(CCCC7)C(=O)N8C7CCC(=O)NC7=O)CC6)CC5)cc4F)CC2)n3C)c(=O)c1. The summed E-state index contributed by atoms with van der Waals surface area (Å²) >= 11 is 0. The molecule has 1 saturated carbocycles. The third-order valence-electron chi connectivity index (χ3n) is 17.2. The van der Waals surface area contributed by atoms with Crippen LogP contribution in [0.5, 0.6) is 0 Å². The number of fused-ring (bicyclic) bond motifs is 3. The van der Waals surface area contributed by atoms with E-state index >= 15 is 4.39 Å². The number of pyridine rings is 2. The molecule has 382 valence electrons. The number of amides is 4. The van der Waals surface area contributed by atoms with Gasteiger partial charge >= 0.3 is 0 Å². The summed E-state index contributed by atoms with van der Waals surface area (Å²) in [4.78, 5) is 81.6. The van der Waals surface area contributed by atoms with Crippen molar-refractivity contribution in [2.24, 2.45) is 13.0 Å². The Balaban J connectivity index is 0.667. The van der Waals surface area contributed by atoms with E-state index in [9.17, 15) is 24.0 Å². The van der Waals surface area contributed by atoms with Gasteiger partial charge in [0.05, 0.1) is 11.1 Å². The third kappa shape index (κ3) is 8.98. The minimum absolute atomic E-state index is 0.0167. The average molecular weight is 991 g/mol. The predicted molar refractivity (Wildman–Crippen MR) is 280 cm³/mol. The zero-order chi connectivity index (χ0) is 50.7. The summed E-state index contributed by atoms with van der Waals surface area (Å²) in [7, 11) is 3.80. The largest absolute Gasteiger partial charge is 0.388 e. The number of carbonyl (C=O) groups is 4. The van der Waals surface area contributed by atoms with Crippen LogP contribution in [0.15, 0.2) is 77.9 Å². The van der Waals surface area contributed by atoms with E-state index in [1.807, 2.05) is 43.1 Å². The number of carbonyl (C=O) groups excluding carboxylic acids is 4.